The largest absolute Gasteiger partial charge is 1.00 e. The molecule has 2 N–H and O–H groups in total. The van der Waals surface area contributed by atoms with Gasteiger partial charge in [-0.3, -0.25) is 9.11 Å². The van der Waals surface area contributed by atoms with E-state index in [2.05, 4.69) is 0 Å². The summed E-state index contributed by atoms with van der Waals surface area (Å²) in [5.41, 5.74) is 0. The van der Waals surface area contributed by atoms with E-state index in [0.717, 1.165) is 0 Å². The Hall–Kier alpha value is 2.17. The van der Waals surface area contributed by atoms with E-state index in [9.17, 15) is 16.8 Å². The van der Waals surface area contributed by atoms with Crippen molar-refractivity contribution in [3.05, 3.63) is 0 Å². The molecule has 0 aromatic rings. The van der Waals surface area contributed by atoms with Crippen LogP contribution in [0, 0.1) is 0 Å². The van der Waals surface area contributed by atoms with Crippen molar-refractivity contribution in [3.8, 4) is 0 Å². The molecule has 17 heavy (non-hydrogen) atoms. The first-order chi connectivity index (χ1) is 6.71. The fourth-order valence-electron chi connectivity index (χ4n) is 0.789. The summed E-state index contributed by atoms with van der Waals surface area (Å²) in [6.07, 6.45) is 0.657. The van der Waals surface area contributed by atoms with Crippen molar-refractivity contribution in [1.82, 2.24) is 0 Å². The second kappa shape index (κ2) is 12.0. The first-order valence-corrected chi connectivity index (χ1v) is 8.56. The normalized spacial score (nSPS) is 11.4. The van der Waals surface area contributed by atoms with Crippen molar-refractivity contribution in [1.29, 1.82) is 0 Å². The van der Waals surface area contributed by atoms with Gasteiger partial charge in [0.05, 0.1) is 11.5 Å². The molecule has 0 saturated heterocycles. The van der Waals surface area contributed by atoms with Gasteiger partial charge in [0.25, 0.3) is 20.2 Å². The van der Waals surface area contributed by atoms with E-state index >= 15 is 0 Å². The molecule has 0 amide bonds. The molecule has 0 saturated carbocycles. The summed E-state index contributed by atoms with van der Waals surface area (Å²) in [4.78, 5) is 0. The summed E-state index contributed by atoms with van der Waals surface area (Å²) in [6.45, 7) is 0. The standard InChI is InChI=1S/C6H14O6S3.2Na.2H/c7-14(8,9)5-1-3-13-4-2-6-15(10,11)12;;;;/h1-6H2,(H,7,8,9)(H,10,11,12);;;;/q;2*+1;2*-1. The van der Waals surface area contributed by atoms with Crippen LogP contribution in [0.5, 0.6) is 0 Å². The Balaban J connectivity index is -0.000000163. The zero-order valence-corrected chi connectivity index (χ0v) is 16.4. The topological polar surface area (TPSA) is 109 Å². The maximum Gasteiger partial charge on any atom is 1.00 e. The third-order valence-corrected chi connectivity index (χ3v) is 4.15. The van der Waals surface area contributed by atoms with E-state index in [0.29, 0.717) is 24.3 Å². The SMILES string of the molecule is O=S(=O)(O)CCCSCCCS(=O)(=O)O.[H-].[H-].[Na+].[Na+]. The fraction of sp³-hybridized carbons (Fsp3) is 1.00. The van der Waals surface area contributed by atoms with Crippen LogP contribution in [0.3, 0.4) is 0 Å². The Labute approximate surface area is 154 Å². The van der Waals surface area contributed by atoms with Crippen LogP contribution in [0.25, 0.3) is 0 Å². The summed E-state index contributed by atoms with van der Waals surface area (Å²) in [6, 6.07) is 0. The van der Waals surface area contributed by atoms with Crippen LogP contribution in [0.1, 0.15) is 15.7 Å². The number of hydrogen-bond donors (Lipinski definition) is 2. The van der Waals surface area contributed by atoms with Gasteiger partial charge in [-0.25, -0.2) is 0 Å². The number of hydrogen-bond acceptors (Lipinski definition) is 5. The maximum atomic E-state index is 10.3. The van der Waals surface area contributed by atoms with Crippen LogP contribution in [0.2, 0.25) is 0 Å². The Kier molecular flexibility index (Phi) is 17.0. The third kappa shape index (κ3) is 23.7. The van der Waals surface area contributed by atoms with Gasteiger partial charge in [-0.2, -0.15) is 28.6 Å². The van der Waals surface area contributed by atoms with Gasteiger partial charge in [-0.05, 0) is 24.3 Å². The molecule has 0 aromatic heterocycles. The summed E-state index contributed by atoms with van der Waals surface area (Å²) < 4.78 is 57.9. The number of thioether (sulfide) groups is 1. The Morgan fingerprint density at radius 1 is 0.824 bits per heavy atom. The average Bonchev–Trinajstić information content (AvgIpc) is 1.98. The molecule has 0 aliphatic heterocycles. The van der Waals surface area contributed by atoms with E-state index < -0.39 is 20.2 Å². The second-order valence-electron chi connectivity index (χ2n) is 2.89. The molecule has 0 rings (SSSR count). The minimum atomic E-state index is -3.89. The van der Waals surface area contributed by atoms with Crippen LogP contribution >= 0.6 is 11.8 Å². The van der Waals surface area contributed by atoms with Crippen molar-refractivity contribution < 1.29 is 87.9 Å². The average molecular weight is 326 g/mol. The van der Waals surface area contributed by atoms with Crippen LogP contribution in [0.4, 0.5) is 0 Å². The molecule has 96 valence electrons. The van der Waals surface area contributed by atoms with Crippen molar-refractivity contribution in [2.24, 2.45) is 0 Å². The van der Waals surface area contributed by atoms with Gasteiger partial charge in [-0.15, -0.1) is 0 Å². The zero-order chi connectivity index (χ0) is 11.9. The van der Waals surface area contributed by atoms with Crippen LogP contribution < -0.4 is 59.1 Å². The first-order valence-electron chi connectivity index (χ1n) is 4.19. The molecule has 0 aliphatic rings. The van der Waals surface area contributed by atoms with Crippen LogP contribution in [0.15, 0.2) is 0 Å². The molecule has 0 bridgehead atoms. The van der Waals surface area contributed by atoms with Gasteiger partial charge in [0.15, 0.2) is 0 Å². The third-order valence-electron chi connectivity index (χ3n) is 1.38. The maximum absolute atomic E-state index is 10.3. The minimum Gasteiger partial charge on any atom is -1.00 e. The van der Waals surface area contributed by atoms with Gasteiger partial charge in [0, 0.05) is 0 Å². The smallest absolute Gasteiger partial charge is 1.00 e. The Bertz CT molecular complexity index is 338. The Morgan fingerprint density at radius 3 is 1.35 bits per heavy atom. The molecular weight excluding hydrogens is 310 g/mol. The summed E-state index contributed by atoms with van der Waals surface area (Å²) in [5, 5.41) is 0. The molecular formula is C6H16Na2O6S3. The Morgan fingerprint density at radius 2 is 1.12 bits per heavy atom. The summed E-state index contributed by atoms with van der Waals surface area (Å²) in [7, 11) is -7.78. The van der Waals surface area contributed by atoms with Crippen molar-refractivity contribution >= 4 is 32.0 Å². The van der Waals surface area contributed by atoms with Crippen LogP contribution in [-0.2, 0) is 20.2 Å². The molecule has 0 aliphatic carbocycles. The summed E-state index contributed by atoms with van der Waals surface area (Å²) >= 11 is 1.38. The second-order valence-corrected chi connectivity index (χ2v) is 7.26. The van der Waals surface area contributed by atoms with Gasteiger partial charge >= 0.3 is 59.1 Å². The number of rotatable bonds is 8. The molecule has 0 fully saturated rings. The molecule has 0 heterocycles. The summed E-state index contributed by atoms with van der Waals surface area (Å²) in [5.74, 6) is 0.507. The van der Waals surface area contributed by atoms with E-state index in [1.165, 1.54) is 11.8 Å². The fourth-order valence-corrected chi connectivity index (χ4v) is 3.07. The minimum absolute atomic E-state index is 0. The van der Waals surface area contributed by atoms with Crippen LogP contribution in [-0.4, -0.2) is 49.0 Å². The van der Waals surface area contributed by atoms with Crippen molar-refractivity contribution in [2.75, 3.05) is 23.0 Å². The van der Waals surface area contributed by atoms with E-state index in [1.54, 1.807) is 0 Å². The molecule has 0 radical (unpaired) electrons. The molecule has 0 atom stereocenters. The molecule has 0 spiro atoms. The molecule has 6 nitrogen and oxygen atoms in total. The predicted molar refractivity (Wildman–Crippen MR) is 61.6 cm³/mol. The van der Waals surface area contributed by atoms with Crippen molar-refractivity contribution in [3.63, 3.8) is 0 Å². The van der Waals surface area contributed by atoms with E-state index in [-0.39, 0.29) is 73.5 Å². The van der Waals surface area contributed by atoms with Gasteiger partial charge in [0.1, 0.15) is 0 Å². The van der Waals surface area contributed by atoms with Gasteiger partial charge in [-0.1, -0.05) is 0 Å². The van der Waals surface area contributed by atoms with Gasteiger partial charge in [0.2, 0.25) is 0 Å². The first kappa shape index (κ1) is 24.2. The quantitative estimate of drug-likeness (QED) is 0.260. The zero-order valence-electron chi connectivity index (χ0n) is 12.0. The molecule has 0 aromatic carbocycles. The predicted octanol–water partition coefficient (Wildman–Crippen LogP) is -5.49. The molecule has 0 unspecified atom stereocenters. The van der Waals surface area contributed by atoms with E-state index in [4.69, 9.17) is 9.11 Å². The van der Waals surface area contributed by atoms with E-state index in [1.807, 2.05) is 0 Å². The van der Waals surface area contributed by atoms with Crippen molar-refractivity contribution in [2.45, 2.75) is 12.8 Å². The molecule has 11 heteroatoms. The van der Waals surface area contributed by atoms with Gasteiger partial charge < -0.3 is 2.85 Å². The monoisotopic (exact) mass is 326 g/mol.